The molecule has 1 aromatic carbocycles. The summed E-state index contributed by atoms with van der Waals surface area (Å²) in [6.07, 6.45) is 0.101. The zero-order valence-corrected chi connectivity index (χ0v) is 9.40. The van der Waals surface area contributed by atoms with Crippen LogP contribution in [0.4, 0.5) is 0 Å². The second-order valence-corrected chi connectivity index (χ2v) is 4.10. The highest BCUT2D eigenvalue weighted by atomic mass is 16.3. The fraction of sp³-hybridized carbons (Fsp3) is 0.417. The molecule has 15 heavy (non-hydrogen) atoms. The summed E-state index contributed by atoms with van der Waals surface area (Å²) in [6.45, 7) is 1.66. The minimum atomic E-state index is -1.09. The lowest BCUT2D eigenvalue weighted by molar-refractivity contribution is -0.133. The molecule has 1 rings (SSSR count). The van der Waals surface area contributed by atoms with Crippen molar-refractivity contribution in [1.29, 1.82) is 0 Å². The number of benzene rings is 1. The summed E-state index contributed by atoms with van der Waals surface area (Å²) in [5.41, 5.74) is -0.331. The van der Waals surface area contributed by atoms with Gasteiger partial charge in [-0.1, -0.05) is 30.3 Å². The van der Waals surface area contributed by atoms with Crippen molar-refractivity contribution in [2.45, 2.75) is 18.9 Å². The van der Waals surface area contributed by atoms with Crippen LogP contribution < -0.4 is 0 Å². The molecule has 0 aliphatic carbocycles. The average molecular weight is 207 g/mol. The van der Waals surface area contributed by atoms with Crippen LogP contribution in [0.3, 0.4) is 0 Å². The average Bonchev–Trinajstić information content (AvgIpc) is 2.18. The van der Waals surface area contributed by atoms with Gasteiger partial charge in [0.15, 0.2) is 0 Å². The number of rotatable bonds is 3. The van der Waals surface area contributed by atoms with Crippen molar-refractivity contribution in [3.05, 3.63) is 35.9 Å². The highest BCUT2D eigenvalue weighted by Crippen LogP contribution is 2.24. The van der Waals surface area contributed by atoms with Gasteiger partial charge in [-0.15, -0.1) is 0 Å². The Kier molecular flexibility index (Phi) is 3.48. The number of amides is 1. The number of carbonyl (C=O) groups is 1. The van der Waals surface area contributed by atoms with E-state index in [4.69, 9.17) is 0 Å². The van der Waals surface area contributed by atoms with Gasteiger partial charge in [0.05, 0.1) is 12.0 Å². The van der Waals surface area contributed by atoms with Crippen molar-refractivity contribution >= 4 is 5.91 Å². The van der Waals surface area contributed by atoms with E-state index < -0.39 is 5.60 Å². The number of aliphatic hydroxyl groups is 1. The van der Waals surface area contributed by atoms with E-state index in [1.165, 1.54) is 4.90 Å². The van der Waals surface area contributed by atoms with E-state index in [2.05, 4.69) is 0 Å². The molecule has 0 bridgehead atoms. The van der Waals surface area contributed by atoms with Gasteiger partial charge >= 0.3 is 0 Å². The molecule has 1 unspecified atom stereocenters. The Bertz CT molecular complexity index is 331. The van der Waals surface area contributed by atoms with E-state index in [0.29, 0.717) is 0 Å². The van der Waals surface area contributed by atoms with Gasteiger partial charge in [0, 0.05) is 14.1 Å². The van der Waals surface area contributed by atoms with Crippen LogP contribution in [0.15, 0.2) is 30.3 Å². The quantitative estimate of drug-likeness (QED) is 0.813. The first kappa shape index (κ1) is 11.7. The summed E-state index contributed by atoms with van der Waals surface area (Å²) in [5.74, 6) is -0.0798. The molecule has 0 heterocycles. The Morgan fingerprint density at radius 2 is 1.87 bits per heavy atom. The van der Waals surface area contributed by atoms with Crippen LogP contribution in [-0.4, -0.2) is 30.0 Å². The summed E-state index contributed by atoms with van der Waals surface area (Å²) in [7, 11) is 3.37. The second kappa shape index (κ2) is 4.45. The maximum absolute atomic E-state index is 11.5. The SMILES string of the molecule is CN(C)C(=O)CC(C)(O)c1ccccc1. The molecule has 3 nitrogen and oxygen atoms in total. The molecule has 0 fully saturated rings. The Morgan fingerprint density at radius 3 is 2.33 bits per heavy atom. The molecule has 3 heteroatoms. The Balaban J connectivity index is 2.80. The van der Waals surface area contributed by atoms with E-state index in [-0.39, 0.29) is 12.3 Å². The third kappa shape index (κ3) is 3.06. The van der Waals surface area contributed by atoms with E-state index in [0.717, 1.165) is 5.56 Å². The standard InChI is InChI=1S/C12H17NO2/c1-12(15,9-11(14)13(2)3)10-7-5-4-6-8-10/h4-8,15H,9H2,1-3H3. The molecule has 1 aromatic rings. The molecule has 0 saturated heterocycles. The molecule has 1 amide bonds. The summed E-state index contributed by atoms with van der Waals surface area (Å²) in [6, 6.07) is 9.23. The molecule has 0 saturated carbocycles. The van der Waals surface area contributed by atoms with Gasteiger partial charge in [-0.2, -0.15) is 0 Å². The van der Waals surface area contributed by atoms with Crippen molar-refractivity contribution in [2.75, 3.05) is 14.1 Å². The Morgan fingerprint density at radius 1 is 1.33 bits per heavy atom. The molecule has 82 valence electrons. The molecule has 1 N–H and O–H groups in total. The summed E-state index contributed by atoms with van der Waals surface area (Å²) < 4.78 is 0. The maximum atomic E-state index is 11.5. The van der Waals surface area contributed by atoms with Gasteiger partial charge < -0.3 is 10.0 Å². The molecular formula is C12H17NO2. The van der Waals surface area contributed by atoms with Crippen LogP contribution >= 0.6 is 0 Å². The second-order valence-electron chi connectivity index (χ2n) is 4.10. The molecule has 0 aliphatic rings. The van der Waals surface area contributed by atoms with Gasteiger partial charge in [-0.05, 0) is 12.5 Å². The number of hydrogen-bond donors (Lipinski definition) is 1. The number of hydrogen-bond acceptors (Lipinski definition) is 2. The molecule has 0 aliphatic heterocycles. The van der Waals surface area contributed by atoms with Crippen LogP contribution in [0, 0.1) is 0 Å². The minimum Gasteiger partial charge on any atom is -0.385 e. The number of nitrogens with zero attached hydrogens (tertiary/aromatic N) is 1. The van der Waals surface area contributed by atoms with E-state index >= 15 is 0 Å². The Labute approximate surface area is 90.3 Å². The molecule has 0 radical (unpaired) electrons. The van der Waals surface area contributed by atoms with Crippen LogP contribution in [0.2, 0.25) is 0 Å². The van der Waals surface area contributed by atoms with Gasteiger partial charge in [-0.25, -0.2) is 0 Å². The van der Waals surface area contributed by atoms with Gasteiger partial charge in [0.2, 0.25) is 5.91 Å². The first-order valence-electron chi connectivity index (χ1n) is 4.91. The zero-order chi connectivity index (χ0) is 11.5. The predicted molar refractivity (Wildman–Crippen MR) is 59.3 cm³/mol. The van der Waals surface area contributed by atoms with Gasteiger partial charge in [0.1, 0.15) is 0 Å². The van der Waals surface area contributed by atoms with Crippen LogP contribution in [0.1, 0.15) is 18.9 Å². The summed E-state index contributed by atoms with van der Waals surface area (Å²) >= 11 is 0. The van der Waals surface area contributed by atoms with E-state index in [9.17, 15) is 9.90 Å². The maximum Gasteiger partial charge on any atom is 0.225 e. The molecule has 0 aromatic heterocycles. The fourth-order valence-electron chi connectivity index (χ4n) is 1.35. The summed E-state index contributed by atoms with van der Waals surface area (Å²) in [4.78, 5) is 13.0. The van der Waals surface area contributed by atoms with Crippen molar-refractivity contribution in [1.82, 2.24) is 4.90 Å². The van der Waals surface area contributed by atoms with Crippen LogP contribution in [-0.2, 0) is 10.4 Å². The van der Waals surface area contributed by atoms with Crippen molar-refractivity contribution < 1.29 is 9.90 Å². The van der Waals surface area contributed by atoms with Crippen molar-refractivity contribution in [3.8, 4) is 0 Å². The smallest absolute Gasteiger partial charge is 0.225 e. The zero-order valence-electron chi connectivity index (χ0n) is 9.40. The predicted octanol–water partition coefficient (Wildman–Crippen LogP) is 1.37. The molecule has 1 atom stereocenters. The van der Waals surface area contributed by atoms with Gasteiger partial charge in [-0.3, -0.25) is 4.79 Å². The highest BCUT2D eigenvalue weighted by molar-refractivity contribution is 5.76. The van der Waals surface area contributed by atoms with Crippen LogP contribution in [0.5, 0.6) is 0 Å². The normalized spacial score (nSPS) is 14.4. The van der Waals surface area contributed by atoms with E-state index in [1.807, 2.05) is 30.3 Å². The lowest BCUT2D eigenvalue weighted by Gasteiger charge is -2.24. The molecule has 0 spiro atoms. The van der Waals surface area contributed by atoms with Crippen LogP contribution in [0.25, 0.3) is 0 Å². The van der Waals surface area contributed by atoms with Crippen molar-refractivity contribution in [3.63, 3.8) is 0 Å². The number of carbonyl (C=O) groups excluding carboxylic acids is 1. The topological polar surface area (TPSA) is 40.5 Å². The lowest BCUT2D eigenvalue weighted by atomic mass is 9.92. The highest BCUT2D eigenvalue weighted by Gasteiger charge is 2.26. The van der Waals surface area contributed by atoms with Crippen molar-refractivity contribution in [2.24, 2.45) is 0 Å². The first-order chi connectivity index (χ1) is 6.93. The van der Waals surface area contributed by atoms with E-state index in [1.54, 1.807) is 21.0 Å². The third-order valence-electron chi connectivity index (χ3n) is 2.39. The summed E-state index contributed by atoms with van der Waals surface area (Å²) in [5, 5.41) is 10.2. The third-order valence-corrected chi connectivity index (χ3v) is 2.39. The first-order valence-corrected chi connectivity index (χ1v) is 4.91. The van der Waals surface area contributed by atoms with Gasteiger partial charge in [0.25, 0.3) is 0 Å². The monoisotopic (exact) mass is 207 g/mol. The largest absolute Gasteiger partial charge is 0.385 e. The fourth-order valence-corrected chi connectivity index (χ4v) is 1.35. The minimum absolute atomic E-state index is 0.0798. The Hall–Kier alpha value is -1.35. The lowest BCUT2D eigenvalue weighted by Crippen LogP contribution is -2.32. The molecular weight excluding hydrogens is 190 g/mol.